The molecule has 0 aliphatic carbocycles. The fourth-order valence-corrected chi connectivity index (χ4v) is 2.31. The van der Waals surface area contributed by atoms with Crippen LogP contribution in [0.4, 0.5) is 0 Å². The van der Waals surface area contributed by atoms with Crippen molar-refractivity contribution in [3.05, 3.63) is 71.8 Å². The zero-order valence-electron chi connectivity index (χ0n) is 11.5. The predicted molar refractivity (Wildman–Crippen MR) is 76.9 cm³/mol. The van der Waals surface area contributed by atoms with E-state index in [1.54, 1.807) is 14.2 Å². The second-order valence-corrected chi connectivity index (χ2v) is 4.51. The zero-order chi connectivity index (χ0) is 13.6. The van der Waals surface area contributed by atoms with E-state index < -0.39 is 5.79 Å². The van der Waals surface area contributed by atoms with Crippen LogP contribution in [0.5, 0.6) is 0 Å². The summed E-state index contributed by atoms with van der Waals surface area (Å²) in [6.45, 7) is 0. The summed E-state index contributed by atoms with van der Waals surface area (Å²) in [4.78, 5) is 0. The smallest absolute Gasteiger partial charge is 0.194 e. The van der Waals surface area contributed by atoms with Crippen molar-refractivity contribution >= 4 is 0 Å². The van der Waals surface area contributed by atoms with E-state index in [1.165, 1.54) is 5.56 Å². The summed E-state index contributed by atoms with van der Waals surface area (Å²) in [6.07, 6.45) is 1.70. The van der Waals surface area contributed by atoms with Gasteiger partial charge in [-0.2, -0.15) is 0 Å². The third-order valence-electron chi connectivity index (χ3n) is 3.46. The Morgan fingerprint density at radius 3 is 1.84 bits per heavy atom. The van der Waals surface area contributed by atoms with Crippen molar-refractivity contribution in [2.75, 3.05) is 14.2 Å². The van der Waals surface area contributed by atoms with Crippen LogP contribution in [0.15, 0.2) is 60.7 Å². The van der Waals surface area contributed by atoms with Crippen LogP contribution in [-0.2, 0) is 21.7 Å². The minimum Gasteiger partial charge on any atom is -0.349 e. The zero-order valence-corrected chi connectivity index (χ0v) is 11.5. The van der Waals surface area contributed by atoms with E-state index in [1.807, 2.05) is 36.4 Å². The summed E-state index contributed by atoms with van der Waals surface area (Å²) in [5.74, 6) is -0.670. The first-order valence-corrected chi connectivity index (χ1v) is 6.50. The van der Waals surface area contributed by atoms with Crippen LogP contribution < -0.4 is 0 Å². The van der Waals surface area contributed by atoms with Crippen LogP contribution in [0.25, 0.3) is 0 Å². The Labute approximate surface area is 115 Å². The van der Waals surface area contributed by atoms with E-state index in [4.69, 9.17) is 9.47 Å². The molecule has 0 unspecified atom stereocenters. The predicted octanol–water partition coefficient (Wildman–Crippen LogP) is 3.77. The van der Waals surface area contributed by atoms with Gasteiger partial charge in [-0.15, -0.1) is 0 Å². The van der Waals surface area contributed by atoms with Crippen molar-refractivity contribution in [1.29, 1.82) is 0 Å². The number of hydrogen-bond acceptors (Lipinski definition) is 2. The second kappa shape index (κ2) is 6.50. The van der Waals surface area contributed by atoms with E-state index >= 15 is 0 Å². The minimum atomic E-state index is -0.670. The normalized spacial score (nSPS) is 11.5. The van der Waals surface area contributed by atoms with Crippen molar-refractivity contribution in [2.24, 2.45) is 0 Å². The first kappa shape index (κ1) is 13.8. The molecule has 0 aromatic heterocycles. The maximum atomic E-state index is 5.67. The highest BCUT2D eigenvalue weighted by Crippen LogP contribution is 2.31. The Kier molecular flexibility index (Phi) is 4.72. The summed E-state index contributed by atoms with van der Waals surface area (Å²) in [5.41, 5.74) is 2.34. The lowest BCUT2D eigenvalue weighted by Gasteiger charge is -2.31. The van der Waals surface area contributed by atoms with E-state index in [-0.39, 0.29) is 0 Å². The molecule has 100 valence electrons. The van der Waals surface area contributed by atoms with Gasteiger partial charge >= 0.3 is 0 Å². The number of aryl methyl sites for hydroxylation is 1. The van der Waals surface area contributed by atoms with Crippen molar-refractivity contribution in [1.82, 2.24) is 0 Å². The summed E-state index contributed by atoms with van der Waals surface area (Å²) in [5, 5.41) is 0. The Bertz CT molecular complexity index is 475. The maximum absolute atomic E-state index is 5.67. The van der Waals surface area contributed by atoms with Crippen LogP contribution >= 0.6 is 0 Å². The molecule has 2 rings (SSSR count). The molecule has 0 spiro atoms. The van der Waals surface area contributed by atoms with E-state index in [9.17, 15) is 0 Å². The molecule has 0 saturated carbocycles. The Morgan fingerprint density at radius 2 is 1.32 bits per heavy atom. The van der Waals surface area contributed by atoms with Crippen LogP contribution in [0.3, 0.4) is 0 Å². The number of benzene rings is 2. The number of methoxy groups -OCH3 is 2. The lowest BCUT2D eigenvalue weighted by Crippen LogP contribution is -2.31. The fraction of sp³-hybridized carbons (Fsp3) is 0.294. The lowest BCUT2D eigenvalue weighted by atomic mass is 9.97. The lowest BCUT2D eigenvalue weighted by molar-refractivity contribution is -0.219. The van der Waals surface area contributed by atoms with Gasteiger partial charge < -0.3 is 9.47 Å². The molecule has 0 N–H and O–H groups in total. The highest BCUT2D eigenvalue weighted by atomic mass is 16.7. The third kappa shape index (κ3) is 3.22. The molecule has 2 nitrogen and oxygen atoms in total. The van der Waals surface area contributed by atoms with Gasteiger partial charge in [-0.25, -0.2) is 0 Å². The average molecular weight is 256 g/mol. The Balaban J connectivity index is 2.16. The average Bonchev–Trinajstić information content (AvgIpc) is 2.51. The molecule has 0 radical (unpaired) electrons. The molecule has 2 aromatic carbocycles. The monoisotopic (exact) mass is 256 g/mol. The summed E-state index contributed by atoms with van der Waals surface area (Å²) >= 11 is 0. The van der Waals surface area contributed by atoms with Gasteiger partial charge in [0.2, 0.25) is 0 Å². The van der Waals surface area contributed by atoms with Gasteiger partial charge in [0.1, 0.15) is 0 Å². The molecular weight excluding hydrogens is 236 g/mol. The quantitative estimate of drug-likeness (QED) is 0.733. The molecule has 0 atom stereocenters. The fourth-order valence-electron chi connectivity index (χ4n) is 2.31. The van der Waals surface area contributed by atoms with Crippen molar-refractivity contribution in [3.63, 3.8) is 0 Å². The van der Waals surface area contributed by atoms with Crippen LogP contribution in [0.2, 0.25) is 0 Å². The molecular formula is C17H20O2. The molecule has 0 aliphatic heterocycles. The maximum Gasteiger partial charge on any atom is 0.194 e. The second-order valence-electron chi connectivity index (χ2n) is 4.51. The van der Waals surface area contributed by atoms with Crippen molar-refractivity contribution in [2.45, 2.75) is 18.6 Å². The summed E-state index contributed by atoms with van der Waals surface area (Å²) in [6, 6.07) is 20.5. The van der Waals surface area contributed by atoms with Gasteiger partial charge in [0.25, 0.3) is 0 Å². The minimum absolute atomic E-state index is 0.670. The Hall–Kier alpha value is -1.64. The van der Waals surface area contributed by atoms with Gasteiger partial charge in [-0.1, -0.05) is 60.7 Å². The molecule has 0 aliphatic rings. The van der Waals surface area contributed by atoms with Crippen LogP contribution in [0.1, 0.15) is 17.5 Å². The van der Waals surface area contributed by atoms with Gasteiger partial charge in [-0.3, -0.25) is 0 Å². The molecule has 2 heteroatoms. The molecule has 0 bridgehead atoms. The highest BCUT2D eigenvalue weighted by Gasteiger charge is 2.31. The summed E-state index contributed by atoms with van der Waals surface area (Å²) in [7, 11) is 3.39. The molecule has 0 saturated heterocycles. The standard InChI is InChI=1S/C17H20O2/c1-18-17(19-2,16-11-7-4-8-12-16)14-13-15-9-5-3-6-10-15/h3-12H,13-14H2,1-2H3. The molecule has 0 heterocycles. The SMILES string of the molecule is COC(CCc1ccccc1)(OC)c1ccccc1. The van der Waals surface area contributed by atoms with Gasteiger partial charge in [0, 0.05) is 26.2 Å². The van der Waals surface area contributed by atoms with Gasteiger partial charge in [0.05, 0.1) is 0 Å². The highest BCUT2D eigenvalue weighted by molar-refractivity contribution is 5.22. The van der Waals surface area contributed by atoms with Gasteiger partial charge in [-0.05, 0) is 12.0 Å². The first-order chi connectivity index (χ1) is 9.30. The molecule has 19 heavy (non-hydrogen) atoms. The first-order valence-electron chi connectivity index (χ1n) is 6.50. The number of rotatable bonds is 6. The molecule has 2 aromatic rings. The Morgan fingerprint density at radius 1 is 0.789 bits per heavy atom. The van der Waals surface area contributed by atoms with E-state index in [0.29, 0.717) is 0 Å². The molecule has 0 fully saturated rings. The van der Waals surface area contributed by atoms with Crippen LogP contribution in [0, 0.1) is 0 Å². The van der Waals surface area contributed by atoms with Crippen LogP contribution in [-0.4, -0.2) is 14.2 Å². The van der Waals surface area contributed by atoms with Crippen molar-refractivity contribution in [3.8, 4) is 0 Å². The summed E-state index contributed by atoms with van der Waals surface area (Å²) < 4.78 is 11.3. The third-order valence-corrected chi connectivity index (χ3v) is 3.46. The number of ether oxygens (including phenoxy) is 2. The van der Waals surface area contributed by atoms with E-state index in [2.05, 4.69) is 24.3 Å². The number of hydrogen-bond donors (Lipinski definition) is 0. The van der Waals surface area contributed by atoms with Crippen molar-refractivity contribution < 1.29 is 9.47 Å². The largest absolute Gasteiger partial charge is 0.349 e. The molecule has 0 amide bonds. The topological polar surface area (TPSA) is 18.5 Å². The van der Waals surface area contributed by atoms with E-state index in [0.717, 1.165) is 18.4 Å². The van der Waals surface area contributed by atoms with Gasteiger partial charge in [0.15, 0.2) is 5.79 Å².